The molecule has 72 valence electrons. The molecule has 0 aliphatic carbocycles. The SMILES string of the molecule is CC(=O)Oc1cc(Cl)ccn1.CO. The van der Waals surface area contributed by atoms with Crippen LogP contribution in [0.15, 0.2) is 18.3 Å². The highest BCUT2D eigenvalue weighted by Gasteiger charge is 1.98. The standard InChI is InChI=1S/C7H6ClNO2.CH4O/c1-5(10)11-7-4-6(8)2-3-9-7;1-2/h2-4H,1H3;2H,1H3. The number of hydrogen-bond acceptors (Lipinski definition) is 4. The van der Waals surface area contributed by atoms with E-state index in [-0.39, 0.29) is 5.88 Å². The second-order valence-corrected chi connectivity index (χ2v) is 2.34. The smallest absolute Gasteiger partial charge is 0.309 e. The minimum absolute atomic E-state index is 0.227. The van der Waals surface area contributed by atoms with E-state index >= 15 is 0 Å². The minimum Gasteiger partial charge on any atom is -0.408 e. The number of ether oxygens (including phenoxy) is 1. The van der Waals surface area contributed by atoms with Crippen LogP contribution >= 0.6 is 11.6 Å². The van der Waals surface area contributed by atoms with E-state index in [0.717, 1.165) is 7.11 Å². The summed E-state index contributed by atoms with van der Waals surface area (Å²) in [6.45, 7) is 1.31. The first-order chi connectivity index (χ1) is 6.18. The van der Waals surface area contributed by atoms with Crippen molar-refractivity contribution in [1.82, 2.24) is 4.98 Å². The summed E-state index contributed by atoms with van der Waals surface area (Å²) in [5.74, 6) is -0.176. The second-order valence-electron chi connectivity index (χ2n) is 1.91. The van der Waals surface area contributed by atoms with Gasteiger partial charge in [0.2, 0.25) is 5.88 Å². The quantitative estimate of drug-likeness (QED) is 0.699. The van der Waals surface area contributed by atoms with Crippen molar-refractivity contribution >= 4 is 17.6 Å². The van der Waals surface area contributed by atoms with Crippen molar-refractivity contribution in [2.45, 2.75) is 6.92 Å². The monoisotopic (exact) mass is 203 g/mol. The van der Waals surface area contributed by atoms with Gasteiger partial charge < -0.3 is 9.84 Å². The van der Waals surface area contributed by atoms with Gasteiger partial charge in [-0.15, -0.1) is 0 Å². The van der Waals surface area contributed by atoms with Gasteiger partial charge in [-0.1, -0.05) is 11.6 Å². The maximum absolute atomic E-state index is 10.4. The van der Waals surface area contributed by atoms with E-state index < -0.39 is 5.97 Å². The molecule has 0 unspecified atom stereocenters. The summed E-state index contributed by atoms with van der Waals surface area (Å²) in [6, 6.07) is 3.08. The number of nitrogens with zero attached hydrogens (tertiary/aromatic N) is 1. The molecule has 0 aliphatic rings. The Labute approximate surface area is 81.1 Å². The van der Waals surface area contributed by atoms with Crippen LogP contribution in [0, 0.1) is 0 Å². The molecule has 0 bridgehead atoms. The maximum Gasteiger partial charge on any atom is 0.309 e. The number of carbonyl (C=O) groups excluding carboxylic acids is 1. The van der Waals surface area contributed by atoms with Crippen LogP contribution in [-0.4, -0.2) is 23.2 Å². The number of hydrogen-bond donors (Lipinski definition) is 1. The van der Waals surface area contributed by atoms with Gasteiger partial charge >= 0.3 is 5.97 Å². The fraction of sp³-hybridized carbons (Fsp3) is 0.250. The Morgan fingerprint density at radius 2 is 2.23 bits per heavy atom. The zero-order valence-corrected chi connectivity index (χ0v) is 8.08. The number of halogens is 1. The lowest BCUT2D eigenvalue weighted by atomic mass is 10.5. The molecule has 5 heteroatoms. The van der Waals surface area contributed by atoms with Gasteiger partial charge in [0.1, 0.15) is 0 Å². The van der Waals surface area contributed by atoms with Crippen molar-refractivity contribution in [2.75, 3.05) is 7.11 Å². The van der Waals surface area contributed by atoms with Crippen molar-refractivity contribution in [3.05, 3.63) is 23.4 Å². The summed E-state index contributed by atoms with van der Waals surface area (Å²) in [6.07, 6.45) is 1.47. The maximum atomic E-state index is 10.4. The first kappa shape index (κ1) is 11.9. The van der Waals surface area contributed by atoms with Crippen LogP contribution in [0.5, 0.6) is 5.88 Å². The van der Waals surface area contributed by atoms with E-state index in [1.807, 2.05) is 0 Å². The Morgan fingerprint density at radius 1 is 1.62 bits per heavy atom. The molecule has 0 aliphatic heterocycles. The van der Waals surface area contributed by atoms with Crippen LogP contribution in [-0.2, 0) is 4.79 Å². The average molecular weight is 204 g/mol. The molecule has 0 aromatic carbocycles. The van der Waals surface area contributed by atoms with E-state index in [4.69, 9.17) is 16.7 Å². The molecule has 0 atom stereocenters. The summed E-state index contributed by atoms with van der Waals surface area (Å²) in [7, 11) is 1.00. The molecule has 4 nitrogen and oxygen atoms in total. The Balaban J connectivity index is 0.000000671. The molecule has 1 heterocycles. The number of carbonyl (C=O) groups is 1. The first-order valence-corrected chi connectivity index (χ1v) is 3.81. The van der Waals surface area contributed by atoms with Crippen LogP contribution in [0.4, 0.5) is 0 Å². The Morgan fingerprint density at radius 3 is 2.69 bits per heavy atom. The number of aliphatic hydroxyl groups excluding tert-OH is 1. The largest absolute Gasteiger partial charge is 0.408 e. The highest BCUT2D eigenvalue weighted by atomic mass is 35.5. The predicted octanol–water partition coefficient (Wildman–Crippen LogP) is 1.27. The number of rotatable bonds is 1. The summed E-state index contributed by atoms with van der Waals surface area (Å²) in [5.41, 5.74) is 0. The average Bonchev–Trinajstić information content (AvgIpc) is 2.06. The lowest BCUT2D eigenvalue weighted by Crippen LogP contribution is -2.02. The third-order valence-corrected chi connectivity index (χ3v) is 1.18. The van der Waals surface area contributed by atoms with Gasteiger partial charge in [0.05, 0.1) is 0 Å². The summed E-state index contributed by atoms with van der Waals surface area (Å²) < 4.78 is 4.66. The molecule has 0 radical (unpaired) electrons. The van der Waals surface area contributed by atoms with Gasteiger partial charge in [-0.3, -0.25) is 4.79 Å². The van der Waals surface area contributed by atoms with Gasteiger partial charge in [0.15, 0.2) is 0 Å². The summed E-state index contributed by atoms with van der Waals surface area (Å²) in [5, 5.41) is 7.50. The van der Waals surface area contributed by atoms with Crippen molar-refractivity contribution in [3.8, 4) is 5.88 Å². The van der Waals surface area contributed by atoms with E-state index in [1.165, 1.54) is 19.2 Å². The molecule has 1 aromatic heterocycles. The molecular formula is C8H10ClNO3. The van der Waals surface area contributed by atoms with E-state index in [9.17, 15) is 4.79 Å². The van der Waals surface area contributed by atoms with Crippen molar-refractivity contribution in [2.24, 2.45) is 0 Å². The van der Waals surface area contributed by atoms with Crippen LogP contribution in [0.2, 0.25) is 5.02 Å². The minimum atomic E-state index is -0.403. The lowest BCUT2D eigenvalue weighted by Gasteiger charge is -1.97. The first-order valence-electron chi connectivity index (χ1n) is 3.43. The van der Waals surface area contributed by atoms with Crippen molar-refractivity contribution < 1.29 is 14.6 Å². The second kappa shape index (κ2) is 6.39. The molecule has 0 fully saturated rings. The summed E-state index contributed by atoms with van der Waals surface area (Å²) >= 11 is 5.60. The highest BCUT2D eigenvalue weighted by Crippen LogP contribution is 2.13. The molecule has 13 heavy (non-hydrogen) atoms. The number of pyridine rings is 1. The number of aliphatic hydroxyl groups is 1. The number of aromatic nitrogens is 1. The molecular weight excluding hydrogens is 194 g/mol. The highest BCUT2D eigenvalue weighted by molar-refractivity contribution is 6.30. The third kappa shape index (κ3) is 5.16. The molecule has 0 saturated heterocycles. The third-order valence-electron chi connectivity index (χ3n) is 0.945. The molecule has 1 N–H and O–H groups in total. The topological polar surface area (TPSA) is 59.4 Å². The Bertz CT molecular complexity index is 278. The Kier molecular flexibility index (Phi) is 5.84. The molecule has 1 rings (SSSR count). The predicted molar refractivity (Wildman–Crippen MR) is 48.7 cm³/mol. The van der Waals surface area contributed by atoms with Crippen molar-refractivity contribution in [3.63, 3.8) is 0 Å². The Hall–Kier alpha value is -1.13. The molecule has 0 spiro atoms. The van der Waals surface area contributed by atoms with Gasteiger partial charge in [0.25, 0.3) is 0 Å². The van der Waals surface area contributed by atoms with Gasteiger partial charge in [-0.25, -0.2) is 4.98 Å². The van der Waals surface area contributed by atoms with Gasteiger partial charge in [-0.05, 0) is 6.07 Å². The molecule has 1 aromatic rings. The lowest BCUT2D eigenvalue weighted by molar-refractivity contribution is -0.132. The van der Waals surface area contributed by atoms with E-state index in [1.54, 1.807) is 6.07 Å². The molecule has 0 amide bonds. The van der Waals surface area contributed by atoms with Gasteiger partial charge in [-0.2, -0.15) is 0 Å². The zero-order valence-electron chi connectivity index (χ0n) is 7.32. The van der Waals surface area contributed by atoms with Crippen LogP contribution in [0.3, 0.4) is 0 Å². The summed E-state index contributed by atoms with van der Waals surface area (Å²) in [4.78, 5) is 14.2. The van der Waals surface area contributed by atoms with Crippen LogP contribution in [0.1, 0.15) is 6.92 Å². The normalized spacial score (nSPS) is 8.31. The zero-order chi connectivity index (χ0) is 10.3. The fourth-order valence-electron chi connectivity index (χ4n) is 0.588. The van der Waals surface area contributed by atoms with Crippen LogP contribution in [0.25, 0.3) is 0 Å². The van der Waals surface area contributed by atoms with E-state index in [2.05, 4.69) is 9.72 Å². The molecule has 0 saturated carbocycles. The van der Waals surface area contributed by atoms with E-state index in [0.29, 0.717) is 5.02 Å². The van der Waals surface area contributed by atoms with Gasteiger partial charge in [0, 0.05) is 31.3 Å². The fourth-order valence-corrected chi connectivity index (χ4v) is 0.738. The van der Waals surface area contributed by atoms with Crippen molar-refractivity contribution in [1.29, 1.82) is 0 Å². The number of esters is 1. The van der Waals surface area contributed by atoms with Crippen LogP contribution < -0.4 is 4.74 Å².